The molecule has 0 unspecified atom stereocenters. The highest BCUT2D eigenvalue weighted by Gasteiger charge is 2.14. The first-order chi connectivity index (χ1) is 9.58. The number of hydrogen-bond donors (Lipinski definition) is 1. The Labute approximate surface area is 128 Å². The standard InChI is InChI=1S/C14H10BrClFNO2/c15-10-6-7-11(16)12(17)13(10)18-14(19)20-8-9-4-2-1-3-5-9/h1-7H,8H2,(H,18,19). The average Bonchev–Trinajstić information content (AvgIpc) is 2.46. The van der Waals surface area contributed by atoms with Crippen molar-refractivity contribution in [2.75, 3.05) is 5.32 Å². The predicted octanol–water partition coefficient (Wildman–Crippen LogP) is 4.99. The smallest absolute Gasteiger partial charge is 0.412 e. The Morgan fingerprint density at radius 2 is 1.95 bits per heavy atom. The molecule has 0 aliphatic carbocycles. The first kappa shape index (κ1) is 14.8. The molecule has 0 radical (unpaired) electrons. The van der Waals surface area contributed by atoms with Crippen LogP contribution < -0.4 is 5.32 Å². The molecule has 0 aliphatic heterocycles. The number of ether oxygens (including phenoxy) is 1. The van der Waals surface area contributed by atoms with Gasteiger partial charge in [0.15, 0.2) is 5.82 Å². The van der Waals surface area contributed by atoms with E-state index in [0.717, 1.165) is 5.56 Å². The Balaban J connectivity index is 2.00. The molecule has 1 amide bonds. The van der Waals surface area contributed by atoms with E-state index in [1.165, 1.54) is 12.1 Å². The number of hydrogen-bond acceptors (Lipinski definition) is 2. The second kappa shape index (κ2) is 6.72. The highest BCUT2D eigenvalue weighted by atomic mass is 79.9. The van der Waals surface area contributed by atoms with Gasteiger partial charge in [-0.3, -0.25) is 5.32 Å². The second-order valence-corrected chi connectivity index (χ2v) is 5.17. The van der Waals surface area contributed by atoms with Gasteiger partial charge in [0.2, 0.25) is 0 Å². The van der Waals surface area contributed by atoms with Crippen molar-refractivity contribution in [3.8, 4) is 0 Å². The number of nitrogens with one attached hydrogen (secondary N) is 1. The maximum Gasteiger partial charge on any atom is 0.412 e. The molecule has 0 fully saturated rings. The third kappa shape index (κ3) is 3.71. The Morgan fingerprint density at radius 3 is 2.65 bits per heavy atom. The van der Waals surface area contributed by atoms with Crippen LogP contribution in [0.4, 0.5) is 14.9 Å². The Morgan fingerprint density at radius 1 is 1.25 bits per heavy atom. The molecule has 1 N–H and O–H groups in total. The van der Waals surface area contributed by atoms with E-state index in [4.69, 9.17) is 16.3 Å². The summed E-state index contributed by atoms with van der Waals surface area (Å²) in [7, 11) is 0. The van der Waals surface area contributed by atoms with Gasteiger partial charge in [-0.1, -0.05) is 41.9 Å². The summed E-state index contributed by atoms with van der Waals surface area (Å²) < 4.78 is 19.1. The van der Waals surface area contributed by atoms with Crippen LogP contribution in [0.1, 0.15) is 5.56 Å². The van der Waals surface area contributed by atoms with Gasteiger partial charge >= 0.3 is 6.09 Å². The first-order valence-corrected chi connectivity index (χ1v) is 6.86. The number of halogens is 3. The number of carbonyl (C=O) groups excluding carboxylic acids is 1. The van der Waals surface area contributed by atoms with Crippen molar-refractivity contribution in [1.29, 1.82) is 0 Å². The molecule has 2 rings (SSSR count). The van der Waals surface area contributed by atoms with Crippen LogP contribution in [0.25, 0.3) is 0 Å². The zero-order valence-electron chi connectivity index (χ0n) is 10.2. The second-order valence-electron chi connectivity index (χ2n) is 3.90. The van der Waals surface area contributed by atoms with E-state index < -0.39 is 11.9 Å². The van der Waals surface area contributed by atoms with E-state index in [0.29, 0.717) is 4.47 Å². The molecule has 0 heterocycles. The minimum atomic E-state index is -0.754. The summed E-state index contributed by atoms with van der Waals surface area (Å²) in [5.41, 5.74) is 0.795. The SMILES string of the molecule is O=C(Nc1c(Br)ccc(Cl)c1F)OCc1ccccc1. The molecule has 104 valence electrons. The highest BCUT2D eigenvalue weighted by molar-refractivity contribution is 9.10. The lowest BCUT2D eigenvalue weighted by molar-refractivity contribution is 0.155. The van der Waals surface area contributed by atoms with Crippen LogP contribution in [0.3, 0.4) is 0 Å². The molecule has 0 bridgehead atoms. The van der Waals surface area contributed by atoms with Crippen molar-refractivity contribution in [2.24, 2.45) is 0 Å². The summed E-state index contributed by atoms with van der Waals surface area (Å²) in [4.78, 5) is 11.6. The van der Waals surface area contributed by atoms with Crippen LogP contribution in [0.5, 0.6) is 0 Å². The molecule has 0 saturated heterocycles. The van der Waals surface area contributed by atoms with Gasteiger partial charge in [-0.25, -0.2) is 9.18 Å². The fourth-order valence-electron chi connectivity index (χ4n) is 1.50. The number of anilines is 1. The first-order valence-electron chi connectivity index (χ1n) is 5.69. The van der Waals surface area contributed by atoms with Gasteiger partial charge < -0.3 is 4.74 Å². The third-order valence-corrected chi connectivity index (χ3v) is 3.44. The minimum absolute atomic E-state index is 0.0458. The van der Waals surface area contributed by atoms with Crippen molar-refractivity contribution < 1.29 is 13.9 Å². The van der Waals surface area contributed by atoms with Crippen LogP contribution in [-0.2, 0) is 11.3 Å². The Bertz CT molecular complexity index is 622. The zero-order valence-corrected chi connectivity index (χ0v) is 12.5. The van der Waals surface area contributed by atoms with Crippen LogP contribution in [0, 0.1) is 5.82 Å². The van der Waals surface area contributed by atoms with E-state index in [1.807, 2.05) is 30.3 Å². The largest absolute Gasteiger partial charge is 0.444 e. The van der Waals surface area contributed by atoms with Crippen molar-refractivity contribution in [3.05, 3.63) is 63.3 Å². The summed E-state index contributed by atoms with van der Waals surface area (Å²) in [5.74, 6) is -0.710. The molecule has 6 heteroatoms. The van der Waals surface area contributed by atoms with Gasteiger partial charge in [0.1, 0.15) is 6.61 Å². The average molecular weight is 359 g/mol. The fourth-order valence-corrected chi connectivity index (χ4v) is 2.07. The molecule has 20 heavy (non-hydrogen) atoms. The zero-order chi connectivity index (χ0) is 14.5. The summed E-state index contributed by atoms with van der Waals surface area (Å²) in [6, 6.07) is 12.1. The summed E-state index contributed by atoms with van der Waals surface area (Å²) in [6.07, 6.45) is -0.754. The van der Waals surface area contributed by atoms with E-state index in [-0.39, 0.29) is 17.3 Å². The lowest BCUT2D eigenvalue weighted by Crippen LogP contribution is -2.15. The van der Waals surface area contributed by atoms with E-state index in [9.17, 15) is 9.18 Å². The monoisotopic (exact) mass is 357 g/mol. The van der Waals surface area contributed by atoms with Gasteiger partial charge in [-0.15, -0.1) is 0 Å². The number of rotatable bonds is 3. The molecule has 3 nitrogen and oxygen atoms in total. The van der Waals surface area contributed by atoms with Crippen LogP contribution >= 0.6 is 27.5 Å². The quantitative estimate of drug-likeness (QED) is 0.785. The van der Waals surface area contributed by atoms with Crippen molar-refractivity contribution in [1.82, 2.24) is 0 Å². The Kier molecular flexibility index (Phi) is 4.98. The van der Waals surface area contributed by atoms with Crippen LogP contribution in [0.2, 0.25) is 5.02 Å². The van der Waals surface area contributed by atoms with Crippen molar-refractivity contribution in [3.63, 3.8) is 0 Å². The lowest BCUT2D eigenvalue weighted by Gasteiger charge is -2.10. The lowest BCUT2D eigenvalue weighted by atomic mass is 10.2. The number of benzene rings is 2. The normalized spacial score (nSPS) is 10.2. The van der Waals surface area contributed by atoms with Gasteiger partial charge in [0, 0.05) is 4.47 Å². The van der Waals surface area contributed by atoms with Crippen LogP contribution in [0.15, 0.2) is 46.9 Å². The van der Waals surface area contributed by atoms with Gasteiger partial charge in [0.05, 0.1) is 10.7 Å². The molecule has 0 atom stereocenters. The molecule has 0 saturated carbocycles. The van der Waals surface area contributed by atoms with Gasteiger partial charge in [0.25, 0.3) is 0 Å². The van der Waals surface area contributed by atoms with Crippen molar-refractivity contribution in [2.45, 2.75) is 6.61 Å². The topological polar surface area (TPSA) is 38.3 Å². The van der Waals surface area contributed by atoms with E-state index >= 15 is 0 Å². The molecule has 0 spiro atoms. The van der Waals surface area contributed by atoms with Gasteiger partial charge in [-0.2, -0.15) is 0 Å². The predicted molar refractivity (Wildman–Crippen MR) is 79.4 cm³/mol. The Hall–Kier alpha value is -1.59. The number of carbonyl (C=O) groups is 1. The molecule has 0 aliphatic rings. The summed E-state index contributed by atoms with van der Waals surface area (Å²) in [6.45, 7) is 0.104. The van der Waals surface area contributed by atoms with Crippen molar-refractivity contribution >= 4 is 39.3 Å². The molecular weight excluding hydrogens is 349 g/mol. The minimum Gasteiger partial charge on any atom is -0.444 e. The maximum absolute atomic E-state index is 13.8. The highest BCUT2D eigenvalue weighted by Crippen LogP contribution is 2.30. The molecule has 0 aromatic heterocycles. The van der Waals surface area contributed by atoms with Crippen LogP contribution in [-0.4, -0.2) is 6.09 Å². The van der Waals surface area contributed by atoms with E-state index in [1.54, 1.807) is 0 Å². The van der Waals surface area contributed by atoms with Gasteiger partial charge in [-0.05, 0) is 33.6 Å². The fraction of sp³-hybridized carbons (Fsp3) is 0.0714. The summed E-state index contributed by atoms with van der Waals surface area (Å²) >= 11 is 8.79. The third-order valence-electron chi connectivity index (χ3n) is 2.48. The molecule has 2 aromatic carbocycles. The number of amides is 1. The molecular formula is C14H10BrClFNO2. The summed E-state index contributed by atoms with van der Waals surface area (Å²) in [5, 5.41) is 2.24. The van der Waals surface area contributed by atoms with E-state index in [2.05, 4.69) is 21.2 Å². The molecule has 2 aromatic rings. The maximum atomic E-state index is 13.8.